The van der Waals surface area contributed by atoms with Crippen molar-refractivity contribution in [2.24, 2.45) is 5.92 Å². The van der Waals surface area contributed by atoms with Crippen LogP contribution >= 0.6 is 0 Å². The lowest BCUT2D eigenvalue weighted by atomic mass is 9.97. The first kappa shape index (κ1) is 24.9. The largest absolute Gasteiger partial charge is 0.466 e. The first-order valence-corrected chi connectivity index (χ1v) is 10.9. The van der Waals surface area contributed by atoms with Gasteiger partial charge in [-0.2, -0.15) is 0 Å². The molecule has 0 rings (SSSR count). The van der Waals surface area contributed by atoms with Crippen LogP contribution in [0.25, 0.3) is 0 Å². The zero-order valence-electron chi connectivity index (χ0n) is 17.7. The summed E-state index contributed by atoms with van der Waals surface area (Å²) in [6, 6.07) is 0. The fourth-order valence-corrected chi connectivity index (χ4v) is 3.17. The molecule has 4 nitrogen and oxygen atoms in total. The highest BCUT2D eigenvalue weighted by molar-refractivity contribution is 5.77. The van der Waals surface area contributed by atoms with Crippen LogP contribution in [-0.2, 0) is 19.1 Å². The van der Waals surface area contributed by atoms with Crippen LogP contribution in [-0.4, -0.2) is 24.6 Å². The fourth-order valence-electron chi connectivity index (χ4n) is 3.17. The van der Waals surface area contributed by atoms with Crippen LogP contribution in [0.15, 0.2) is 0 Å². The third-order valence-corrected chi connectivity index (χ3v) is 4.86. The van der Waals surface area contributed by atoms with E-state index in [2.05, 4.69) is 20.8 Å². The molecule has 0 saturated carbocycles. The number of rotatable bonds is 17. The van der Waals surface area contributed by atoms with E-state index in [9.17, 15) is 9.59 Å². The predicted octanol–water partition coefficient (Wildman–Crippen LogP) is 6.21. The zero-order chi connectivity index (χ0) is 19.6. The maximum absolute atomic E-state index is 11.9. The Morgan fingerprint density at radius 3 is 1.92 bits per heavy atom. The molecule has 0 fully saturated rings. The molecular formula is C22H42O4. The molecule has 2 unspecified atom stereocenters. The molecule has 0 aliphatic rings. The van der Waals surface area contributed by atoms with Crippen molar-refractivity contribution in [1.29, 1.82) is 0 Å². The molecule has 0 heterocycles. The topological polar surface area (TPSA) is 52.6 Å². The summed E-state index contributed by atoms with van der Waals surface area (Å²) in [7, 11) is 0. The lowest BCUT2D eigenvalue weighted by molar-refractivity contribution is -0.155. The summed E-state index contributed by atoms with van der Waals surface area (Å²) >= 11 is 0. The van der Waals surface area contributed by atoms with Crippen molar-refractivity contribution in [2.75, 3.05) is 6.61 Å². The van der Waals surface area contributed by atoms with E-state index in [0.29, 0.717) is 12.5 Å². The van der Waals surface area contributed by atoms with Crippen molar-refractivity contribution in [3.8, 4) is 0 Å². The van der Waals surface area contributed by atoms with Crippen LogP contribution in [0.3, 0.4) is 0 Å². The lowest BCUT2D eigenvalue weighted by Gasteiger charge is -2.22. The van der Waals surface area contributed by atoms with E-state index in [1.54, 1.807) is 0 Å². The molecule has 0 aliphatic heterocycles. The maximum atomic E-state index is 11.9. The summed E-state index contributed by atoms with van der Waals surface area (Å²) in [5.74, 6) is -0.216. The van der Waals surface area contributed by atoms with E-state index in [0.717, 1.165) is 32.1 Å². The molecule has 0 aromatic rings. The van der Waals surface area contributed by atoms with Crippen LogP contribution in [0.2, 0.25) is 0 Å². The van der Waals surface area contributed by atoms with Gasteiger partial charge in [0.2, 0.25) is 0 Å². The molecule has 0 amide bonds. The van der Waals surface area contributed by atoms with Gasteiger partial charge in [-0.3, -0.25) is 9.59 Å². The highest BCUT2D eigenvalue weighted by Crippen LogP contribution is 2.17. The van der Waals surface area contributed by atoms with Crippen molar-refractivity contribution in [1.82, 2.24) is 0 Å². The van der Waals surface area contributed by atoms with E-state index < -0.39 is 0 Å². The van der Waals surface area contributed by atoms with Gasteiger partial charge >= 0.3 is 11.9 Å². The molecule has 0 aromatic heterocycles. The highest BCUT2D eigenvalue weighted by atomic mass is 16.5. The predicted molar refractivity (Wildman–Crippen MR) is 107 cm³/mol. The summed E-state index contributed by atoms with van der Waals surface area (Å²) in [5, 5.41) is 0. The number of carbonyl (C=O) groups excluding carboxylic acids is 2. The first-order chi connectivity index (χ1) is 12.5. The van der Waals surface area contributed by atoms with E-state index in [1.165, 1.54) is 38.5 Å². The van der Waals surface area contributed by atoms with Gasteiger partial charge in [-0.1, -0.05) is 79.1 Å². The van der Waals surface area contributed by atoms with E-state index >= 15 is 0 Å². The van der Waals surface area contributed by atoms with Gasteiger partial charge in [0.05, 0.1) is 19.4 Å². The average Bonchev–Trinajstić information content (AvgIpc) is 2.63. The normalized spacial score (nSPS) is 13.2. The van der Waals surface area contributed by atoms with Gasteiger partial charge in [0.25, 0.3) is 0 Å². The van der Waals surface area contributed by atoms with E-state index in [1.807, 2.05) is 6.92 Å². The quantitative estimate of drug-likeness (QED) is 0.226. The van der Waals surface area contributed by atoms with E-state index in [4.69, 9.17) is 9.47 Å². The monoisotopic (exact) mass is 370 g/mol. The number of ether oxygens (including phenoxy) is 2. The Balaban J connectivity index is 3.67. The smallest absolute Gasteiger partial charge is 0.306 e. The van der Waals surface area contributed by atoms with Crippen molar-refractivity contribution < 1.29 is 19.1 Å². The number of hydrogen-bond donors (Lipinski definition) is 0. The molecule has 0 aliphatic carbocycles. The molecule has 0 bridgehead atoms. The summed E-state index contributed by atoms with van der Waals surface area (Å²) in [6.45, 7) is 8.97. The molecule has 0 saturated heterocycles. The second kappa shape index (κ2) is 17.4. The molecular weight excluding hydrogens is 328 g/mol. The van der Waals surface area contributed by atoms with Gasteiger partial charge < -0.3 is 9.47 Å². The zero-order valence-corrected chi connectivity index (χ0v) is 17.7. The Labute approximate surface area is 161 Å². The van der Waals surface area contributed by atoms with Crippen LogP contribution < -0.4 is 0 Å². The van der Waals surface area contributed by atoms with Gasteiger partial charge in [0, 0.05) is 0 Å². The molecule has 154 valence electrons. The molecule has 0 radical (unpaired) electrons. The van der Waals surface area contributed by atoms with Crippen LogP contribution in [0.5, 0.6) is 0 Å². The molecule has 0 spiro atoms. The molecule has 26 heavy (non-hydrogen) atoms. The summed E-state index contributed by atoms with van der Waals surface area (Å²) in [6.07, 6.45) is 12.9. The second-order valence-electron chi connectivity index (χ2n) is 7.40. The minimum atomic E-state index is -0.292. The van der Waals surface area contributed by atoms with Gasteiger partial charge in [-0.25, -0.2) is 0 Å². The van der Waals surface area contributed by atoms with Gasteiger partial charge in [-0.05, 0) is 25.2 Å². The van der Waals surface area contributed by atoms with Crippen molar-refractivity contribution >= 4 is 11.9 Å². The first-order valence-electron chi connectivity index (χ1n) is 10.9. The Morgan fingerprint density at radius 1 is 0.769 bits per heavy atom. The standard InChI is InChI=1S/C22H42O4/c1-5-8-9-10-11-12-13-14-18-25-21(23)16-17-22(24)26-20(7-3)19(4)15-6-2/h19-20H,5-18H2,1-4H3. The summed E-state index contributed by atoms with van der Waals surface area (Å²) in [4.78, 5) is 23.6. The SMILES string of the molecule is CCCCCCCCCCOC(=O)CCC(=O)OC(CC)C(C)CCC. The molecule has 0 N–H and O–H groups in total. The number of esters is 2. The highest BCUT2D eigenvalue weighted by Gasteiger charge is 2.19. The van der Waals surface area contributed by atoms with Gasteiger partial charge in [-0.15, -0.1) is 0 Å². The van der Waals surface area contributed by atoms with Crippen LogP contribution in [0, 0.1) is 5.92 Å². The summed E-state index contributed by atoms with van der Waals surface area (Å²) < 4.78 is 10.7. The summed E-state index contributed by atoms with van der Waals surface area (Å²) in [5.41, 5.74) is 0. The number of carbonyl (C=O) groups is 2. The lowest BCUT2D eigenvalue weighted by Crippen LogP contribution is -2.25. The third-order valence-electron chi connectivity index (χ3n) is 4.86. The van der Waals surface area contributed by atoms with Crippen molar-refractivity contribution in [2.45, 2.75) is 117 Å². The van der Waals surface area contributed by atoms with E-state index in [-0.39, 0.29) is 30.9 Å². The Hall–Kier alpha value is -1.06. The van der Waals surface area contributed by atoms with Crippen LogP contribution in [0.4, 0.5) is 0 Å². The van der Waals surface area contributed by atoms with Crippen molar-refractivity contribution in [3.05, 3.63) is 0 Å². The minimum Gasteiger partial charge on any atom is -0.466 e. The van der Waals surface area contributed by atoms with Crippen molar-refractivity contribution in [3.63, 3.8) is 0 Å². The second-order valence-corrected chi connectivity index (χ2v) is 7.40. The minimum absolute atomic E-state index is 0.0456. The average molecular weight is 371 g/mol. The van der Waals surface area contributed by atoms with Crippen LogP contribution in [0.1, 0.15) is 111 Å². The molecule has 0 aromatic carbocycles. The van der Waals surface area contributed by atoms with Gasteiger partial charge in [0.15, 0.2) is 0 Å². The fraction of sp³-hybridized carbons (Fsp3) is 0.909. The number of unbranched alkanes of at least 4 members (excludes halogenated alkanes) is 7. The Bertz CT molecular complexity index is 354. The third kappa shape index (κ3) is 14.1. The number of hydrogen-bond acceptors (Lipinski definition) is 4. The molecule has 2 atom stereocenters. The Morgan fingerprint density at radius 2 is 1.35 bits per heavy atom. The maximum Gasteiger partial charge on any atom is 0.306 e. The molecule has 4 heteroatoms. The Kier molecular flexibility index (Phi) is 16.7. The van der Waals surface area contributed by atoms with Gasteiger partial charge in [0.1, 0.15) is 6.10 Å².